The van der Waals surface area contributed by atoms with Crippen LogP contribution in [0.4, 0.5) is 0 Å². The van der Waals surface area contributed by atoms with Crippen LogP contribution in [0.5, 0.6) is 0 Å². The van der Waals surface area contributed by atoms with E-state index in [9.17, 15) is 0 Å². The molecule has 0 saturated heterocycles. The second-order valence-electron chi connectivity index (χ2n) is 5.66. The van der Waals surface area contributed by atoms with Crippen molar-refractivity contribution < 1.29 is 0 Å². The van der Waals surface area contributed by atoms with Crippen LogP contribution in [0, 0.1) is 0 Å². The molecule has 2 heterocycles. The molecule has 0 bridgehead atoms. The highest BCUT2D eigenvalue weighted by Gasteiger charge is 2.20. The van der Waals surface area contributed by atoms with Gasteiger partial charge in [-0.05, 0) is 24.6 Å². The van der Waals surface area contributed by atoms with Gasteiger partial charge in [0.2, 0.25) is 0 Å². The van der Waals surface area contributed by atoms with Gasteiger partial charge in [-0.3, -0.25) is 0 Å². The molecule has 0 aliphatic rings. The molecule has 0 radical (unpaired) electrons. The molecule has 4 aromatic rings. The van der Waals surface area contributed by atoms with E-state index in [0.717, 1.165) is 17.5 Å². The monoisotopic (exact) mass is 290 g/mol. The van der Waals surface area contributed by atoms with Gasteiger partial charge in [0.05, 0.1) is 11.6 Å². The topological polar surface area (TPSA) is 35.6 Å². The summed E-state index contributed by atoms with van der Waals surface area (Å²) in [5.74, 6) is 0. The normalized spacial score (nSPS) is 13.0. The van der Waals surface area contributed by atoms with Crippen LogP contribution in [0.3, 0.4) is 0 Å². The first-order chi connectivity index (χ1) is 10.8. The van der Waals surface area contributed by atoms with E-state index in [0.29, 0.717) is 0 Å². The van der Waals surface area contributed by atoms with Crippen LogP contribution in [-0.4, -0.2) is 19.6 Å². The number of nitrogens with zero attached hydrogens (tertiary/aromatic N) is 4. The van der Waals surface area contributed by atoms with E-state index in [4.69, 9.17) is 0 Å². The smallest absolute Gasteiger partial charge is 0.113 e. The van der Waals surface area contributed by atoms with E-state index < -0.39 is 0 Å². The van der Waals surface area contributed by atoms with E-state index in [2.05, 4.69) is 70.1 Å². The summed E-state index contributed by atoms with van der Waals surface area (Å²) in [6, 6.07) is 16.8. The van der Waals surface area contributed by atoms with Gasteiger partial charge < -0.3 is 4.57 Å². The predicted molar refractivity (Wildman–Crippen MR) is 88.9 cm³/mol. The summed E-state index contributed by atoms with van der Waals surface area (Å²) in [5.41, 5.74) is 4.58. The summed E-state index contributed by atoms with van der Waals surface area (Å²) in [4.78, 5) is 0. The van der Waals surface area contributed by atoms with E-state index in [1.807, 2.05) is 18.2 Å². The number of hydrogen-bond acceptors (Lipinski definition) is 2. The lowest BCUT2D eigenvalue weighted by molar-refractivity contribution is 0.510. The van der Waals surface area contributed by atoms with Gasteiger partial charge in [-0.15, -0.1) is 5.10 Å². The molecule has 4 heteroatoms. The predicted octanol–water partition coefficient (Wildman–Crippen LogP) is 3.92. The Morgan fingerprint density at radius 1 is 1.00 bits per heavy atom. The van der Waals surface area contributed by atoms with Crippen LogP contribution in [0.1, 0.15) is 24.9 Å². The maximum Gasteiger partial charge on any atom is 0.113 e. The van der Waals surface area contributed by atoms with Gasteiger partial charge in [-0.2, -0.15) is 0 Å². The molecule has 0 N–H and O–H groups in total. The molecule has 0 amide bonds. The minimum absolute atomic E-state index is 0.193. The van der Waals surface area contributed by atoms with Crippen molar-refractivity contribution in [2.75, 3.05) is 0 Å². The number of rotatable bonds is 3. The number of benzene rings is 2. The number of fused-ring (bicyclic) bond motifs is 2. The molecule has 110 valence electrons. The minimum Gasteiger partial charge on any atom is -0.350 e. The molecule has 4 rings (SSSR count). The van der Waals surface area contributed by atoms with Crippen molar-refractivity contribution in [2.24, 2.45) is 7.05 Å². The minimum atomic E-state index is 0.193. The fourth-order valence-corrected chi connectivity index (χ4v) is 3.28. The third kappa shape index (κ3) is 1.84. The Bertz CT molecular complexity index is 948. The zero-order valence-corrected chi connectivity index (χ0v) is 12.8. The van der Waals surface area contributed by atoms with E-state index >= 15 is 0 Å². The Kier molecular flexibility index (Phi) is 2.96. The highest BCUT2D eigenvalue weighted by Crippen LogP contribution is 2.31. The first-order valence-corrected chi connectivity index (χ1v) is 7.63. The first-order valence-electron chi connectivity index (χ1n) is 7.63. The molecule has 0 fully saturated rings. The molecular formula is C18H18N4. The second kappa shape index (κ2) is 4.98. The third-order valence-electron chi connectivity index (χ3n) is 4.35. The molecule has 1 unspecified atom stereocenters. The molecule has 2 aromatic heterocycles. The lowest BCUT2D eigenvalue weighted by Gasteiger charge is -2.15. The standard InChI is InChI=1S/C18H18N4/c1-3-16(22-18-11-7-5-9-15(18)19-20-22)14-12-21(2)17-10-6-4-8-13(14)17/h4-12,16H,3H2,1-2H3. The van der Waals surface area contributed by atoms with Crippen molar-refractivity contribution in [3.05, 3.63) is 60.3 Å². The average molecular weight is 290 g/mol. The largest absolute Gasteiger partial charge is 0.350 e. The molecule has 1 atom stereocenters. The van der Waals surface area contributed by atoms with Crippen LogP contribution in [-0.2, 0) is 7.05 Å². The summed E-state index contributed by atoms with van der Waals surface area (Å²) < 4.78 is 4.24. The maximum atomic E-state index is 4.42. The molecule has 22 heavy (non-hydrogen) atoms. The van der Waals surface area contributed by atoms with Crippen molar-refractivity contribution >= 4 is 21.9 Å². The van der Waals surface area contributed by atoms with Crippen molar-refractivity contribution in [3.8, 4) is 0 Å². The van der Waals surface area contributed by atoms with Crippen LogP contribution in [0.15, 0.2) is 54.7 Å². The SMILES string of the molecule is CCC(c1cn(C)c2ccccc12)n1nnc2ccccc21. The highest BCUT2D eigenvalue weighted by molar-refractivity contribution is 5.85. The van der Waals surface area contributed by atoms with Crippen LogP contribution < -0.4 is 0 Å². The van der Waals surface area contributed by atoms with Gasteiger partial charge >= 0.3 is 0 Å². The van der Waals surface area contributed by atoms with E-state index in [1.54, 1.807) is 0 Å². The molecule has 4 nitrogen and oxygen atoms in total. The molecule has 0 aliphatic carbocycles. The zero-order valence-electron chi connectivity index (χ0n) is 12.8. The van der Waals surface area contributed by atoms with Crippen molar-refractivity contribution in [1.82, 2.24) is 19.6 Å². The van der Waals surface area contributed by atoms with Gasteiger partial charge in [0.25, 0.3) is 0 Å². The van der Waals surface area contributed by atoms with Gasteiger partial charge in [-0.25, -0.2) is 4.68 Å². The fraction of sp³-hybridized carbons (Fsp3) is 0.222. The number of para-hydroxylation sites is 2. The number of aryl methyl sites for hydroxylation is 1. The Morgan fingerprint density at radius 2 is 1.73 bits per heavy atom. The Morgan fingerprint density at radius 3 is 2.55 bits per heavy atom. The lowest BCUT2D eigenvalue weighted by Crippen LogP contribution is -2.11. The van der Waals surface area contributed by atoms with Crippen molar-refractivity contribution in [2.45, 2.75) is 19.4 Å². The van der Waals surface area contributed by atoms with Crippen LogP contribution in [0.2, 0.25) is 0 Å². The third-order valence-corrected chi connectivity index (χ3v) is 4.35. The summed E-state index contributed by atoms with van der Waals surface area (Å²) >= 11 is 0. The first kappa shape index (κ1) is 13.1. The molecule has 0 aliphatic heterocycles. The number of hydrogen-bond donors (Lipinski definition) is 0. The summed E-state index contributed by atoms with van der Waals surface area (Å²) in [6.07, 6.45) is 3.19. The quantitative estimate of drug-likeness (QED) is 0.573. The Labute approximate surface area is 129 Å². The highest BCUT2D eigenvalue weighted by atomic mass is 15.4. The summed E-state index contributed by atoms with van der Waals surface area (Å²) in [5, 5.41) is 10.0. The van der Waals surface area contributed by atoms with Crippen molar-refractivity contribution in [3.63, 3.8) is 0 Å². The van der Waals surface area contributed by atoms with Crippen molar-refractivity contribution in [1.29, 1.82) is 0 Å². The molecule has 2 aromatic carbocycles. The summed E-state index contributed by atoms with van der Waals surface area (Å²) in [7, 11) is 2.10. The maximum absolute atomic E-state index is 4.42. The molecule has 0 saturated carbocycles. The zero-order chi connectivity index (χ0) is 15.1. The summed E-state index contributed by atoms with van der Waals surface area (Å²) in [6.45, 7) is 2.20. The van der Waals surface area contributed by atoms with Gasteiger partial charge in [0, 0.05) is 29.7 Å². The Hall–Kier alpha value is -2.62. The number of aromatic nitrogens is 4. The van der Waals surface area contributed by atoms with Crippen LogP contribution >= 0.6 is 0 Å². The molecule has 0 spiro atoms. The van der Waals surface area contributed by atoms with E-state index in [-0.39, 0.29) is 6.04 Å². The van der Waals surface area contributed by atoms with Gasteiger partial charge in [-0.1, -0.05) is 42.5 Å². The van der Waals surface area contributed by atoms with Gasteiger partial charge in [0.1, 0.15) is 5.52 Å². The van der Waals surface area contributed by atoms with E-state index in [1.165, 1.54) is 16.5 Å². The van der Waals surface area contributed by atoms with Crippen LogP contribution in [0.25, 0.3) is 21.9 Å². The average Bonchev–Trinajstić information content (AvgIpc) is 3.12. The molecular weight excluding hydrogens is 272 g/mol. The fourth-order valence-electron chi connectivity index (χ4n) is 3.28. The second-order valence-corrected chi connectivity index (χ2v) is 5.66. The Balaban J connectivity index is 1.95. The lowest BCUT2D eigenvalue weighted by atomic mass is 10.0. The van der Waals surface area contributed by atoms with Gasteiger partial charge in [0.15, 0.2) is 0 Å².